The van der Waals surface area contributed by atoms with Crippen LogP contribution in [0.1, 0.15) is 34.0 Å². The summed E-state index contributed by atoms with van der Waals surface area (Å²) in [6.45, 7) is 3.77. The van der Waals surface area contributed by atoms with Crippen LogP contribution in [-0.4, -0.2) is 69.1 Å². The molecule has 4 rings (SSSR count). The minimum absolute atomic E-state index is 0.107. The lowest BCUT2D eigenvalue weighted by Gasteiger charge is -2.34. The van der Waals surface area contributed by atoms with Crippen molar-refractivity contribution in [1.82, 2.24) is 9.80 Å². The molecular weight excluding hydrogens is 516 g/mol. The number of carbonyl (C=O) groups excluding carboxylic acids is 2. The molecule has 8 heteroatoms. The first-order valence-electron chi connectivity index (χ1n) is 12.8. The van der Waals surface area contributed by atoms with Crippen molar-refractivity contribution in [3.63, 3.8) is 0 Å². The van der Waals surface area contributed by atoms with E-state index in [0.717, 1.165) is 23.1 Å². The molecule has 0 aliphatic carbocycles. The molecule has 0 saturated carbocycles. The molecule has 0 atom stereocenters. The van der Waals surface area contributed by atoms with Gasteiger partial charge in [-0.1, -0.05) is 54.9 Å². The number of rotatable bonds is 8. The smallest absolute Gasteiger partial charge is 0.254 e. The van der Waals surface area contributed by atoms with E-state index in [9.17, 15) is 9.59 Å². The molecule has 0 N–H and O–H groups in total. The third-order valence-corrected chi connectivity index (χ3v) is 7.10. The summed E-state index contributed by atoms with van der Waals surface area (Å²) in [6.07, 6.45) is 2.61. The van der Waals surface area contributed by atoms with Crippen LogP contribution >= 0.6 is 11.6 Å². The van der Waals surface area contributed by atoms with Crippen molar-refractivity contribution < 1.29 is 23.8 Å². The third-order valence-electron chi connectivity index (χ3n) is 6.87. The zero-order valence-corrected chi connectivity index (χ0v) is 23.5. The molecule has 1 heterocycles. The molecule has 7 nitrogen and oxygen atoms in total. The van der Waals surface area contributed by atoms with Gasteiger partial charge in [0.15, 0.2) is 11.5 Å². The summed E-state index contributed by atoms with van der Waals surface area (Å²) in [5.41, 5.74) is 4.28. The van der Waals surface area contributed by atoms with Crippen LogP contribution in [0.2, 0.25) is 5.02 Å². The van der Waals surface area contributed by atoms with Crippen LogP contribution in [-0.2, 0) is 11.2 Å². The van der Waals surface area contributed by atoms with Gasteiger partial charge in [0.25, 0.3) is 5.91 Å². The van der Waals surface area contributed by atoms with Crippen molar-refractivity contribution in [3.8, 4) is 17.2 Å². The Hall–Kier alpha value is -3.97. The van der Waals surface area contributed by atoms with E-state index in [4.69, 9.17) is 25.8 Å². The van der Waals surface area contributed by atoms with Gasteiger partial charge in [-0.2, -0.15) is 0 Å². The van der Waals surface area contributed by atoms with Gasteiger partial charge in [-0.15, -0.1) is 0 Å². The first-order chi connectivity index (χ1) is 18.9. The molecule has 1 aliphatic heterocycles. The van der Waals surface area contributed by atoms with Crippen molar-refractivity contribution in [2.45, 2.75) is 13.3 Å². The second-order valence-electron chi connectivity index (χ2n) is 9.15. The molecule has 1 fully saturated rings. The van der Waals surface area contributed by atoms with Gasteiger partial charge < -0.3 is 24.0 Å². The summed E-state index contributed by atoms with van der Waals surface area (Å²) in [4.78, 5) is 30.2. The van der Waals surface area contributed by atoms with Crippen LogP contribution in [0.4, 0.5) is 0 Å². The summed E-state index contributed by atoms with van der Waals surface area (Å²) in [5, 5.41) is 0.606. The Bertz CT molecular complexity index is 1340. The highest BCUT2D eigenvalue weighted by Gasteiger charge is 2.26. The lowest BCUT2D eigenvalue weighted by molar-refractivity contribution is -0.127. The third kappa shape index (κ3) is 6.37. The Kier molecular flexibility index (Phi) is 9.15. The molecule has 39 heavy (non-hydrogen) atoms. The Morgan fingerprint density at radius 2 is 1.41 bits per heavy atom. The normalized spacial score (nSPS) is 13.7. The molecule has 0 radical (unpaired) electrons. The molecule has 1 saturated heterocycles. The maximum Gasteiger partial charge on any atom is 0.254 e. The van der Waals surface area contributed by atoms with E-state index in [1.807, 2.05) is 36.4 Å². The number of piperazine rings is 1. The average molecular weight is 549 g/mol. The maximum atomic E-state index is 13.4. The Labute approximate surface area is 234 Å². The highest BCUT2D eigenvalue weighted by Crippen LogP contribution is 2.38. The number of hydrogen-bond donors (Lipinski definition) is 0. The highest BCUT2D eigenvalue weighted by molar-refractivity contribution is 6.30. The van der Waals surface area contributed by atoms with Crippen LogP contribution in [0.5, 0.6) is 17.2 Å². The van der Waals surface area contributed by atoms with E-state index in [1.54, 1.807) is 28.0 Å². The van der Waals surface area contributed by atoms with Crippen molar-refractivity contribution in [3.05, 3.63) is 94.0 Å². The fourth-order valence-electron chi connectivity index (χ4n) is 4.64. The molecule has 3 aromatic rings. The van der Waals surface area contributed by atoms with E-state index in [2.05, 4.69) is 19.1 Å². The number of halogens is 1. The number of aryl methyl sites for hydroxylation is 1. The maximum absolute atomic E-state index is 13.4. The minimum atomic E-state index is -0.160. The quantitative estimate of drug-likeness (QED) is 0.355. The lowest BCUT2D eigenvalue weighted by Crippen LogP contribution is -2.50. The van der Waals surface area contributed by atoms with Crippen molar-refractivity contribution in [2.24, 2.45) is 0 Å². The van der Waals surface area contributed by atoms with E-state index >= 15 is 0 Å². The van der Waals surface area contributed by atoms with Gasteiger partial charge in [0.05, 0.1) is 21.3 Å². The monoisotopic (exact) mass is 548 g/mol. The van der Waals surface area contributed by atoms with Crippen LogP contribution in [0.25, 0.3) is 5.57 Å². The number of carbonyl (C=O) groups is 2. The average Bonchev–Trinajstić information content (AvgIpc) is 2.98. The number of amides is 2. The molecule has 204 valence electrons. The summed E-state index contributed by atoms with van der Waals surface area (Å²) in [5.74, 6) is 0.995. The van der Waals surface area contributed by atoms with Gasteiger partial charge in [0.1, 0.15) is 0 Å². The van der Waals surface area contributed by atoms with Gasteiger partial charge in [-0.25, -0.2) is 0 Å². The largest absolute Gasteiger partial charge is 0.493 e. The minimum Gasteiger partial charge on any atom is -0.493 e. The van der Waals surface area contributed by atoms with Crippen molar-refractivity contribution in [2.75, 3.05) is 47.5 Å². The van der Waals surface area contributed by atoms with Crippen molar-refractivity contribution in [1.29, 1.82) is 0 Å². The zero-order valence-electron chi connectivity index (χ0n) is 22.7. The fraction of sp³-hybridized carbons (Fsp3) is 0.290. The van der Waals surface area contributed by atoms with E-state index in [-0.39, 0.29) is 11.8 Å². The fourth-order valence-corrected chi connectivity index (χ4v) is 4.83. The zero-order chi connectivity index (χ0) is 27.9. The van der Waals surface area contributed by atoms with Crippen LogP contribution in [0.15, 0.2) is 66.7 Å². The van der Waals surface area contributed by atoms with Crippen LogP contribution < -0.4 is 14.2 Å². The topological polar surface area (TPSA) is 68.3 Å². The van der Waals surface area contributed by atoms with Crippen LogP contribution in [0.3, 0.4) is 0 Å². The van der Waals surface area contributed by atoms with Gasteiger partial charge in [0.2, 0.25) is 11.7 Å². The van der Waals surface area contributed by atoms with Gasteiger partial charge >= 0.3 is 0 Å². The Morgan fingerprint density at radius 1 is 0.795 bits per heavy atom. The highest BCUT2D eigenvalue weighted by atomic mass is 35.5. The second-order valence-corrected chi connectivity index (χ2v) is 9.59. The predicted octanol–water partition coefficient (Wildman–Crippen LogP) is 5.34. The molecular formula is C31H33ClN2O5. The predicted molar refractivity (Wildman–Crippen MR) is 153 cm³/mol. The number of hydrogen-bond acceptors (Lipinski definition) is 5. The standard InChI is InChI=1S/C31H33ClN2O5/c1-5-21-9-11-22(12-10-21)26(23-7-6-8-25(32)17-23)20-29(35)33-13-15-34(16-14-33)31(36)24-18-27(37-2)30(39-4)28(19-24)38-3/h6-12,17-20H,5,13-16H2,1-4H3. The van der Waals surface area contributed by atoms with E-state index in [1.165, 1.54) is 26.9 Å². The Balaban J connectivity index is 1.52. The summed E-state index contributed by atoms with van der Waals surface area (Å²) >= 11 is 6.28. The number of ether oxygens (including phenoxy) is 3. The molecule has 0 spiro atoms. The summed E-state index contributed by atoms with van der Waals surface area (Å²) in [7, 11) is 4.54. The molecule has 2 amide bonds. The first kappa shape index (κ1) is 28.0. The molecule has 1 aliphatic rings. The number of benzene rings is 3. The Morgan fingerprint density at radius 3 is 1.95 bits per heavy atom. The SMILES string of the molecule is CCc1ccc(C(=CC(=O)N2CCN(C(=O)c3cc(OC)c(OC)c(OC)c3)CC2)c2cccc(Cl)c2)cc1. The molecule has 0 bridgehead atoms. The molecule has 3 aromatic carbocycles. The lowest BCUT2D eigenvalue weighted by atomic mass is 9.96. The van der Waals surface area contributed by atoms with Gasteiger partial charge in [-0.3, -0.25) is 9.59 Å². The molecule has 0 unspecified atom stereocenters. The van der Waals surface area contributed by atoms with E-state index < -0.39 is 0 Å². The van der Waals surface area contributed by atoms with Gasteiger partial charge in [0, 0.05) is 42.8 Å². The number of methoxy groups -OCH3 is 3. The second kappa shape index (κ2) is 12.7. The van der Waals surface area contributed by atoms with Crippen LogP contribution in [0, 0.1) is 0 Å². The van der Waals surface area contributed by atoms with Gasteiger partial charge in [-0.05, 0) is 52.9 Å². The summed E-state index contributed by atoms with van der Waals surface area (Å²) < 4.78 is 16.1. The van der Waals surface area contributed by atoms with Crippen molar-refractivity contribution >= 4 is 29.0 Å². The van der Waals surface area contributed by atoms with E-state index in [0.29, 0.717) is 54.0 Å². The number of nitrogens with zero attached hydrogens (tertiary/aromatic N) is 2. The molecule has 0 aromatic heterocycles. The summed E-state index contributed by atoms with van der Waals surface area (Å²) in [6, 6.07) is 19.0. The first-order valence-corrected chi connectivity index (χ1v) is 13.2.